The predicted molar refractivity (Wildman–Crippen MR) is 75.9 cm³/mol. The van der Waals surface area contributed by atoms with Crippen molar-refractivity contribution in [3.8, 4) is 0 Å². The molecule has 3 nitrogen and oxygen atoms in total. The predicted octanol–water partition coefficient (Wildman–Crippen LogP) is 4.38. The van der Waals surface area contributed by atoms with Crippen LogP contribution in [0.1, 0.15) is 55.8 Å². The van der Waals surface area contributed by atoms with E-state index in [0.29, 0.717) is 0 Å². The summed E-state index contributed by atoms with van der Waals surface area (Å²) in [5.74, 6) is -0.895. The zero-order chi connectivity index (χ0) is 14.2. The van der Waals surface area contributed by atoms with Crippen LogP contribution in [0.2, 0.25) is 0 Å². The summed E-state index contributed by atoms with van der Waals surface area (Å²) in [4.78, 5) is 11.3. The number of carbonyl (C=O) groups is 1. The first-order chi connectivity index (χ1) is 8.86. The lowest BCUT2D eigenvalue weighted by molar-refractivity contribution is 0.0663. The highest BCUT2D eigenvalue weighted by Crippen LogP contribution is 2.35. The second kappa shape index (κ2) is 4.72. The van der Waals surface area contributed by atoms with E-state index in [4.69, 9.17) is 4.42 Å². The van der Waals surface area contributed by atoms with E-state index in [2.05, 4.69) is 20.8 Å². The quantitative estimate of drug-likeness (QED) is 0.890. The van der Waals surface area contributed by atoms with Crippen molar-refractivity contribution in [3.63, 3.8) is 0 Å². The molecule has 3 heteroatoms. The van der Waals surface area contributed by atoms with Gasteiger partial charge in [-0.2, -0.15) is 0 Å². The summed E-state index contributed by atoms with van der Waals surface area (Å²) in [6, 6.07) is 5.93. The minimum absolute atomic E-state index is 0.0728. The van der Waals surface area contributed by atoms with Crippen molar-refractivity contribution in [1.82, 2.24) is 0 Å². The molecule has 0 saturated carbocycles. The molecule has 1 heterocycles. The third-order valence-electron chi connectivity index (χ3n) is 3.32. The van der Waals surface area contributed by atoms with Gasteiger partial charge in [0.15, 0.2) is 0 Å². The highest BCUT2D eigenvalue weighted by atomic mass is 16.4. The topological polar surface area (TPSA) is 50.4 Å². The molecule has 0 spiro atoms. The summed E-state index contributed by atoms with van der Waals surface area (Å²) < 4.78 is 5.67. The average Bonchev–Trinajstić information content (AvgIpc) is 2.67. The number of carboxylic acid groups (broad SMARTS) is 1. The zero-order valence-corrected chi connectivity index (χ0v) is 11.9. The van der Waals surface area contributed by atoms with Crippen molar-refractivity contribution >= 4 is 16.9 Å². The van der Waals surface area contributed by atoms with E-state index in [-0.39, 0.29) is 11.2 Å². The van der Waals surface area contributed by atoms with E-state index in [1.807, 2.05) is 25.1 Å². The van der Waals surface area contributed by atoms with Crippen LogP contribution in [0, 0.1) is 0 Å². The van der Waals surface area contributed by atoms with E-state index in [1.165, 1.54) is 0 Å². The normalized spacial score (nSPS) is 12.0. The number of rotatable bonds is 3. The molecule has 0 unspecified atom stereocenters. The van der Waals surface area contributed by atoms with Gasteiger partial charge in [-0.3, -0.25) is 0 Å². The molecule has 0 fully saturated rings. The van der Waals surface area contributed by atoms with Crippen LogP contribution in [-0.4, -0.2) is 11.1 Å². The van der Waals surface area contributed by atoms with Gasteiger partial charge in [-0.25, -0.2) is 4.79 Å². The molecule has 0 radical (unpaired) electrons. The number of para-hydroxylation sites is 1. The van der Waals surface area contributed by atoms with Crippen LogP contribution >= 0.6 is 0 Å². The van der Waals surface area contributed by atoms with Crippen LogP contribution in [0.4, 0.5) is 0 Å². The van der Waals surface area contributed by atoms with Gasteiger partial charge in [0.05, 0.1) is 0 Å². The van der Waals surface area contributed by atoms with Crippen molar-refractivity contribution in [1.29, 1.82) is 0 Å². The van der Waals surface area contributed by atoms with Crippen molar-refractivity contribution in [2.75, 3.05) is 0 Å². The van der Waals surface area contributed by atoms with Crippen LogP contribution in [0.25, 0.3) is 11.0 Å². The fourth-order valence-corrected chi connectivity index (χ4v) is 2.43. The molecule has 102 valence electrons. The number of aryl methyl sites for hydroxylation is 1. The smallest absolute Gasteiger partial charge is 0.372 e. The second-order valence-electron chi connectivity index (χ2n) is 5.90. The molecule has 0 aliphatic carbocycles. The van der Waals surface area contributed by atoms with Gasteiger partial charge in [0.2, 0.25) is 5.76 Å². The van der Waals surface area contributed by atoms with E-state index in [1.54, 1.807) is 0 Å². The summed E-state index contributed by atoms with van der Waals surface area (Å²) in [5, 5.41) is 10.2. The standard InChI is InChI=1S/C16H20O3/c1-5-7-10-11-8-6-9-12(16(2,3)4)13(11)19-14(10)15(17)18/h6,8-9H,5,7H2,1-4H3,(H,17,18). The lowest BCUT2D eigenvalue weighted by Crippen LogP contribution is -2.11. The Kier molecular flexibility index (Phi) is 3.40. The Hall–Kier alpha value is -1.77. The average molecular weight is 260 g/mol. The van der Waals surface area contributed by atoms with Gasteiger partial charge in [-0.1, -0.05) is 52.3 Å². The minimum atomic E-state index is -0.987. The van der Waals surface area contributed by atoms with Gasteiger partial charge >= 0.3 is 5.97 Å². The number of furan rings is 1. The number of fused-ring (bicyclic) bond motifs is 1. The summed E-state index contributed by atoms with van der Waals surface area (Å²) >= 11 is 0. The molecule has 0 aliphatic heterocycles. The Morgan fingerprint density at radius 1 is 1.32 bits per heavy atom. The van der Waals surface area contributed by atoms with Crippen LogP contribution in [0.15, 0.2) is 22.6 Å². The van der Waals surface area contributed by atoms with Crippen LogP contribution in [0.3, 0.4) is 0 Å². The number of hydrogen-bond acceptors (Lipinski definition) is 2. The van der Waals surface area contributed by atoms with Crippen molar-refractivity contribution in [2.24, 2.45) is 0 Å². The van der Waals surface area contributed by atoms with Crippen molar-refractivity contribution in [2.45, 2.75) is 46.0 Å². The number of carboxylic acids is 1. The molecule has 0 atom stereocenters. The molecule has 1 aromatic carbocycles. The van der Waals surface area contributed by atoms with Gasteiger partial charge in [0, 0.05) is 16.5 Å². The summed E-state index contributed by atoms with van der Waals surface area (Å²) in [6.45, 7) is 8.34. The van der Waals surface area contributed by atoms with E-state index < -0.39 is 5.97 Å². The third kappa shape index (κ3) is 2.37. The highest BCUT2D eigenvalue weighted by Gasteiger charge is 2.24. The Balaban J connectivity index is 2.79. The lowest BCUT2D eigenvalue weighted by Gasteiger charge is -2.18. The van der Waals surface area contributed by atoms with Crippen LogP contribution in [-0.2, 0) is 11.8 Å². The number of benzene rings is 1. The fraction of sp³-hybridized carbons (Fsp3) is 0.438. The molecule has 2 rings (SSSR count). The van der Waals surface area contributed by atoms with E-state index in [0.717, 1.165) is 34.9 Å². The minimum Gasteiger partial charge on any atom is -0.475 e. The van der Waals surface area contributed by atoms with Gasteiger partial charge in [-0.15, -0.1) is 0 Å². The molecule has 2 aromatic rings. The van der Waals surface area contributed by atoms with Gasteiger partial charge in [0.1, 0.15) is 5.58 Å². The summed E-state index contributed by atoms with van der Waals surface area (Å²) in [6.07, 6.45) is 1.62. The van der Waals surface area contributed by atoms with Crippen molar-refractivity contribution < 1.29 is 14.3 Å². The zero-order valence-electron chi connectivity index (χ0n) is 11.9. The molecule has 1 aromatic heterocycles. The Morgan fingerprint density at radius 2 is 2.00 bits per heavy atom. The summed E-state index contributed by atoms with van der Waals surface area (Å²) in [5.41, 5.74) is 2.51. The molecular formula is C16H20O3. The molecule has 0 saturated heterocycles. The first-order valence-electron chi connectivity index (χ1n) is 6.64. The first kappa shape index (κ1) is 13.7. The van der Waals surface area contributed by atoms with E-state index in [9.17, 15) is 9.90 Å². The van der Waals surface area contributed by atoms with E-state index >= 15 is 0 Å². The van der Waals surface area contributed by atoms with Gasteiger partial charge < -0.3 is 9.52 Å². The molecule has 0 bridgehead atoms. The molecule has 1 N–H and O–H groups in total. The SMILES string of the molecule is CCCc1c(C(=O)O)oc2c(C(C)(C)C)cccc12. The molecule has 19 heavy (non-hydrogen) atoms. The van der Waals surface area contributed by atoms with Crippen LogP contribution < -0.4 is 0 Å². The molecule has 0 amide bonds. The lowest BCUT2D eigenvalue weighted by atomic mass is 9.85. The second-order valence-corrected chi connectivity index (χ2v) is 5.90. The summed E-state index contributed by atoms with van der Waals surface area (Å²) in [7, 11) is 0. The third-order valence-corrected chi connectivity index (χ3v) is 3.32. The Morgan fingerprint density at radius 3 is 2.53 bits per heavy atom. The number of aromatic carboxylic acids is 1. The Labute approximate surface area is 113 Å². The maximum absolute atomic E-state index is 11.3. The molecule has 0 aliphatic rings. The van der Waals surface area contributed by atoms with Crippen LogP contribution in [0.5, 0.6) is 0 Å². The number of hydrogen-bond donors (Lipinski definition) is 1. The first-order valence-corrected chi connectivity index (χ1v) is 6.64. The Bertz CT molecular complexity index is 615. The van der Waals surface area contributed by atoms with Gasteiger partial charge in [-0.05, 0) is 11.8 Å². The maximum atomic E-state index is 11.3. The highest BCUT2D eigenvalue weighted by molar-refractivity contribution is 5.96. The fourth-order valence-electron chi connectivity index (χ4n) is 2.43. The maximum Gasteiger partial charge on any atom is 0.372 e. The van der Waals surface area contributed by atoms with Crippen molar-refractivity contribution in [3.05, 3.63) is 35.1 Å². The molecular weight excluding hydrogens is 240 g/mol. The van der Waals surface area contributed by atoms with Gasteiger partial charge in [0.25, 0.3) is 0 Å². The largest absolute Gasteiger partial charge is 0.475 e. The monoisotopic (exact) mass is 260 g/mol.